The molecule has 0 saturated carbocycles. The molecule has 31 heavy (non-hydrogen) atoms. The van der Waals surface area contributed by atoms with E-state index in [4.69, 9.17) is 19.5 Å². The molecule has 2 rings (SSSR count). The second-order valence-electron chi connectivity index (χ2n) is 8.28. The Kier molecular flexibility index (Phi) is 7.97. The Bertz CT molecular complexity index is 808. The van der Waals surface area contributed by atoms with E-state index in [9.17, 15) is 14.4 Å². The minimum atomic E-state index is -1.04. The summed E-state index contributed by atoms with van der Waals surface area (Å²) in [5.74, 6) is -1.15. The van der Waals surface area contributed by atoms with Crippen LogP contribution in [0.5, 0.6) is 0 Å². The van der Waals surface area contributed by atoms with Crippen molar-refractivity contribution in [3.63, 3.8) is 0 Å². The van der Waals surface area contributed by atoms with Crippen LogP contribution < -0.4 is 10.8 Å². The van der Waals surface area contributed by atoms with Crippen LogP contribution in [-0.2, 0) is 35.0 Å². The van der Waals surface area contributed by atoms with E-state index in [1.165, 1.54) is 7.11 Å². The van der Waals surface area contributed by atoms with Gasteiger partial charge in [0.1, 0.15) is 12.6 Å². The first kappa shape index (κ1) is 24.6. The molecule has 0 radical (unpaired) electrons. The maximum Gasteiger partial charge on any atom is 0.494 e. The third-order valence-corrected chi connectivity index (χ3v) is 5.49. The first-order valence-electron chi connectivity index (χ1n) is 9.98. The number of carbonyl (C=O) groups excluding carboxylic acids is 3. The molecule has 0 bridgehead atoms. The molecule has 1 saturated heterocycles. The maximum atomic E-state index is 12.1. The van der Waals surface area contributed by atoms with Crippen LogP contribution in [0.15, 0.2) is 24.3 Å². The summed E-state index contributed by atoms with van der Waals surface area (Å²) in [4.78, 5) is 35.1. The average molecular weight is 432 g/mol. The fourth-order valence-electron chi connectivity index (χ4n) is 2.83. The fourth-order valence-corrected chi connectivity index (χ4v) is 2.83. The van der Waals surface area contributed by atoms with Crippen LogP contribution in [0, 0.1) is 5.41 Å². The van der Waals surface area contributed by atoms with E-state index in [0.717, 1.165) is 11.0 Å². The van der Waals surface area contributed by atoms with E-state index in [-0.39, 0.29) is 19.4 Å². The predicted molar refractivity (Wildman–Crippen MR) is 114 cm³/mol. The van der Waals surface area contributed by atoms with Gasteiger partial charge in [-0.15, -0.1) is 0 Å². The molecule has 1 aromatic carbocycles. The lowest BCUT2D eigenvalue weighted by Crippen LogP contribution is -2.42. The topological polar surface area (TPSA) is 124 Å². The van der Waals surface area contributed by atoms with Gasteiger partial charge < -0.3 is 29.5 Å². The minimum absolute atomic E-state index is 0.0111. The van der Waals surface area contributed by atoms with Crippen molar-refractivity contribution in [2.24, 2.45) is 0 Å². The van der Waals surface area contributed by atoms with Gasteiger partial charge in [-0.25, -0.2) is 9.59 Å². The third-order valence-electron chi connectivity index (χ3n) is 5.49. The van der Waals surface area contributed by atoms with Gasteiger partial charge in [-0.1, -0.05) is 24.3 Å². The van der Waals surface area contributed by atoms with Crippen molar-refractivity contribution in [3.05, 3.63) is 29.8 Å². The largest absolute Gasteiger partial charge is 0.494 e. The molecule has 1 atom stereocenters. The van der Waals surface area contributed by atoms with Crippen LogP contribution in [0.4, 0.5) is 4.79 Å². The first-order chi connectivity index (χ1) is 14.5. The number of ketones is 1. The van der Waals surface area contributed by atoms with Crippen LogP contribution in [0.2, 0.25) is 0 Å². The molecule has 10 heteroatoms. The summed E-state index contributed by atoms with van der Waals surface area (Å²) >= 11 is 0. The molecule has 1 amide bonds. The molecule has 9 nitrogen and oxygen atoms in total. The van der Waals surface area contributed by atoms with Gasteiger partial charge in [0.15, 0.2) is 5.78 Å². The third kappa shape index (κ3) is 6.38. The Morgan fingerprint density at radius 3 is 2.23 bits per heavy atom. The lowest BCUT2D eigenvalue weighted by Gasteiger charge is -2.32. The Hall–Kier alpha value is -2.72. The number of Topliss-reactive ketones (excluding diaryl/α,β-unsaturated/α-hetero) is 1. The Balaban J connectivity index is 1.89. The van der Waals surface area contributed by atoms with E-state index < -0.39 is 42.2 Å². The van der Waals surface area contributed by atoms with E-state index in [1.54, 1.807) is 12.1 Å². The number of hydrogen-bond donors (Lipinski definition) is 2. The molecule has 1 aromatic rings. The maximum absolute atomic E-state index is 12.1. The molecule has 0 spiro atoms. The summed E-state index contributed by atoms with van der Waals surface area (Å²) < 4.78 is 21.8. The van der Waals surface area contributed by atoms with E-state index in [0.29, 0.717) is 6.21 Å². The van der Waals surface area contributed by atoms with Gasteiger partial charge in [-0.3, -0.25) is 4.79 Å². The molecule has 1 aliphatic heterocycles. The second kappa shape index (κ2) is 10.1. The first-order valence-corrected chi connectivity index (χ1v) is 9.98. The van der Waals surface area contributed by atoms with Crippen LogP contribution in [0.3, 0.4) is 0 Å². The number of rotatable bonds is 9. The van der Waals surface area contributed by atoms with Crippen molar-refractivity contribution >= 4 is 36.6 Å². The molecular formula is C21H29BN2O7. The summed E-state index contributed by atoms with van der Waals surface area (Å²) in [7, 11) is 0.704. The van der Waals surface area contributed by atoms with Gasteiger partial charge in [0.2, 0.25) is 0 Å². The summed E-state index contributed by atoms with van der Waals surface area (Å²) in [6, 6.07) is 6.26. The Morgan fingerprint density at radius 2 is 1.71 bits per heavy atom. The number of ether oxygens (including phenoxy) is 2. The second-order valence-corrected chi connectivity index (χ2v) is 8.28. The van der Waals surface area contributed by atoms with Crippen LogP contribution in [-0.4, -0.2) is 55.5 Å². The predicted octanol–water partition coefficient (Wildman–Crippen LogP) is 1.75. The highest BCUT2D eigenvalue weighted by Crippen LogP contribution is 2.36. The average Bonchev–Trinajstić information content (AvgIpc) is 2.95. The van der Waals surface area contributed by atoms with Crippen molar-refractivity contribution in [3.8, 4) is 0 Å². The van der Waals surface area contributed by atoms with Crippen molar-refractivity contribution < 1.29 is 33.2 Å². The number of hydrogen-bond acceptors (Lipinski definition) is 8. The molecule has 0 unspecified atom stereocenters. The number of benzene rings is 1. The molecule has 1 aliphatic rings. The molecule has 168 valence electrons. The van der Waals surface area contributed by atoms with E-state index in [1.807, 2.05) is 39.8 Å². The van der Waals surface area contributed by atoms with Gasteiger partial charge in [0.25, 0.3) is 0 Å². The summed E-state index contributed by atoms with van der Waals surface area (Å²) in [5, 5.41) is 9.29. The monoisotopic (exact) mass is 432 g/mol. The zero-order valence-electron chi connectivity index (χ0n) is 18.5. The number of nitrogens with one attached hydrogen (secondary N) is 2. The lowest BCUT2D eigenvalue weighted by atomic mass is 9.79. The highest BCUT2D eigenvalue weighted by Gasteiger charge is 2.51. The molecule has 1 fully saturated rings. The number of amides is 1. The van der Waals surface area contributed by atoms with E-state index in [2.05, 4.69) is 10.1 Å². The smallest absolute Gasteiger partial charge is 0.467 e. The highest BCUT2D eigenvalue weighted by molar-refractivity contribution is 6.62. The summed E-state index contributed by atoms with van der Waals surface area (Å²) in [5.41, 5.74) is 0.728. The van der Waals surface area contributed by atoms with Crippen molar-refractivity contribution in [2.45, 2.75) is 64.4 Å². The lowest BCUT2D eigenvalue weighted by molar-refractivity contribution is -0.143. The van der Waals surface area contributed by atoms with Gasteiger partial charge >= 0.3 is 19.2 Å². The van der Waals surface area contributed by atoms with Gasteiger partial charge in [0.05, 0.1) is 24.5 Å². The standard InChI is InChI=1S/C21H29BN2O7/c1-20(2)21(3,4)31-22(30-20)15-8-6-14(7-9-15)13-29-19(27)24-17(18(26)28-5)11-10-16(25)12-23/h6-9,12,17,23H,10-11,13H2,1-5H3,(H,24,27)/t17-/m0/s1. The van der Waals surface area contributed by atoms with Gasteiger partial charge in [0, 0.05) is 6.42 Å². The number of esters is 1. The van der Waals surface area contributed by atoms with E-state index >= 15 is 0 Å². The summed E-state index contributed by atoms with van der Waals surface area (Å²) in [6.45, 7) is 7.92. The number of methoxy groups -OCH3 is 1. The van der Waals surface area contributed by atoms with Gasteiger partial charge in [-0.2, -0.15) is 0 Å². The van der Waals surface area contributed by atoms with Crippen LogP contribution >= 0.6 is 0 Å². The van der Waals surface area contributed by atoms with Crippen LogP contribution in [0.25, 0.3) is 0 Å². The molecule has 0 aromatic heterocycles. The highest BCUT2D eigenvalue weighted by atomic mass is 16.7. The quantitative estimate of drug-likeness (QED) is 0.346. The molecular weight excluding hydrogens is 403 g/mol. The Labute approximate surface area is 182 Å². The van der Waals surface area contributed by atoms with Crippen LogP contribution in [0.1, 0.15) is 46.1 Å². The molecule has 0 aliphatic carbocycles. The van der Waals surface area contributed by atoms with Crippen molar-refractivity contribution in [2.75, 3.05) is 7.11 Å². The fraction of sp³-hybridized carbons (Fsp3) is 0.524. The zero-order valence-corrected chi connectivity index (χ0v) is 18.5. The minimum Gasteiger partial charge on any atom is -0.467 e. The normalized spacial score (nSPS) is 17.5. The summed E-state index contributed by atoms with van der Waals surface area (Å²) in [6.07, 6.45) is -0.199. The number of alkyl carbamates (subject to hydrolysis) is 1. The molecule has 2 N–H and O–H groups in total. The van der Waals surface area contributed by atoms with Gasteiger partial charge in [-0.05, 0) is 45.1 Å². The zero-order chi connectivity index (χ0) is 23.2. The Morgan fingerprint density at radius 1 is 1.13 bits per heavy atom. The number of carbonyl (C=O) groups is 3. The SMILES string of the molecule is COC(=O)[C@H](CCC(=O)C=N)NC(=O)OCc1ccc(B2OC(C)(C)C(C)(C)O2)cc1. The van der Waals surface area contributed by atoms with Crippen molar-refractivity contribution in [1.29, 1.82) is 5.41 Å². The van der Waals surface area contributed by atoms with Crippen molar-refractivity contribution in [1.82, 2.24) is 5.32 Å². The molecule has 1 heterocycles.